The van der Waals surface area contributed by atoms with E-state index in [0.717, 1.165) is 0 Å². The maximum absolute atomic E-state index is 12.6. The van der Waals surface area contributed by atoms with E-state index >= 15 is 0 Å². The maximum Gasteiger partial charge on any atom is 0.255 e. The van der Waals surface area contributed by atoms with E-state index in [1.165, 1.54) is 36.5 Å². The topological polar surface area (TPSA) is 110 Å². The molecule has 0 aliphatic heterocycles. The van der Waals surface area contributed by atoms with Gasteiger partial charge in [-0.05, 0) is 18.2 Å². The van der Waals surface area contributed by atoms with Crippen molar-refractivity contribution >= 4 is 25.8 Å². The van der Waals surface area contributed by atoms with Crippen molar-refractivity contribution in [1.82, 2.24) is 9.62 Å². The van der Waals surface area contributed by atoms with E-state index in [-0.39, 0.29) is 34.3 Å². The number of benzene rings is 1. The molecule has 1 aromatic rings. The number of hydrogen-bond acceptors (Lipinski definition) is 6. The van der Waals surface area contributed by atoms with E-state index in [9.17, 15) is 21.6 Å². The van der Waals surface area contributed by atoms with E-state index in [4.69, 9.17) is 4.74 Å². The lowest BCUT2D eigenvalue weighted by molar-refractivity contribution is 0.0953. The molecule has 1 N–H and O–H groups in total. The molecule has 1 amide bonds. The molecular formula is C16H26N2O6S2. The van der Waals surface area contributed by atoms with Gasteiger partial charge in [-0.1, -0.05) is 20.8 Å². The van der Waals surface area contributed by atoms with Crippen molar-refractivity contribution in [3.8, 4) is 5.75 Å². The van der Waals surface area contributed by atoms with Gasteiger partial charge in [0.1, 0.15) is 5.75 Å². The lowest BCUT2D eigenvalue weighted by atomic mass is 10.2. The summed E-state index contributed by atoms with van der Waals surface area (Å²) in [6.07, 6.45) is 0. The first-order valence-corrected chi connectivity index (χ1v) is 11.6. The number of hydrogen-bond donors (Lipinski definition) is 1. The third-order valence-corrected chi connectivity index (χ3v) is 7.65. The van der Waals surface area contributed by atoms with Crippen molar-refractivity contribution in [1.29, 1.82) is 0 Å². The monoisotopic (exact) mass is 406 g/mol. The average molecular weight is 407 g/mol. The minimum Gasteiger partial charge on any atom is -0.496 e. The molecule has 0 saturated carbocycles. The number of nitrogens with one attached hydrogen (secondary N) is 1. The van der Waals surface area contributed by atoms with Gasteiger partial charge >= 0.3 is 0 Å². The number of carbonyl (C=O) groups excluding carboxylic acids is 1. The Balaban J connectivity index is 3.12. The highest BCUT2D eigenvalue weighted by Crippen LogP contribution is 2.24. The molecule has 148 valence electrons. The standard InChI is InChI=1S/C16H26N2O6S2/c1-5-18(6-2)26(22,23)13-8-9-15(24-4)14(12-13)16(19)17-10-11-25(20,21)7-3/h8-9,12H,5-7,10-11H2,1-4H3,(H,17,19). The lowest BCUT2D eigenvalue weighted by Crippen LogP contribution is -2.32. The molecule has 1 aromatic carbocycles. The first kappa shape index (κ1) is 22.4. The zero-order valence-corrected chi connectivity index (χ0v) is 17.1. The quantitative estimate of drug-likeness (QED) is 0.618. The van der Waals surface area contributed by atoms with E-state index < -0.39 is 25.8 Å². The van der Waals surface area contributed by atoms with Crippen LogP contribution < -0.4 is 10.1 Å². The number of ether oxygens (including phenoxy) is 1. The van der Waals surface area contributed by atoms with Crippen LogP contribution in [0.1, 0.15) is 31.1 Å². The minimum atomic E-state index is -3.73. The molecule has 1 rings (SSSR count). The molecule has 0 bridgehead atoms. The molecule has 26 heavy (non-hydrogen) atoms. The molecule has 0 atom stereocenters. The predicted octanol–water partition coefficient (Wildman–Crippen LogP) is 0.890. The van der Waals surface area contributed by atoms with Crippen LogP contribution in [0, 0.1) is 0 Å². The second-order valence-corrected chi connectivity index (χ2v) is 9.85. The van der Waals surface area contributed by atoms with Crippen LogP contribution in [0.25, 0.3) is 0 Å². The highest BCUT2D eigenvalue weighted by atomic mass is 32.2. The second-order valence-electron chi connectivity index (χ2n) is 5.44. The molecule has 8 nitrogen and oxygen atoms in total. The van der Waals surface area contributed by atoms with Gasteiger partial charge in [0, 0.05) is 25.4 Å². The summed E-state index contributed by atoms with van der Waals surface area (Å²) >= 11 is 0. The summed E-state index contributed by atoms with van der Waals surface area (Å²) in [6, 6.07) is 4.04. The second kappa shape index (κ2) is 9.33. The third kappa shape index (κ3) is 5.42. The van der Waals surface area contributed by atoms with Gasteiger partial charge in [0.2, 0.25) is 10.0 Å². The Hall–Kier alpha value is -1.65. The summed E-state index contributed by atoms with van der Waals surface area (Å²) < 4.78 is 54.7. The third-order valence-electron chi connectivity index (χ3n) is 3.90. The minimum absolute atomic E-state index is 0.0101. The van der Waals surface area contributed by atoms with Crippen LogP contribution in [0.15, 0.2) is 23.1 Å². The smallest absolute Gasteiger partial charge is 0.255 e. The van der Waals surface area contributed by atoms with Crippen LogP contribution >= 0.6 is 0 Å². The van der Waals surface area contributed by atoms with Crippen molar-refractivity contribution in [2.75, 3.05) is 38.2 Å². The normalized spacial score (nSPS) is 12.2. The van der Waals surface area contributed by atoms with Gasteiger partial charge in [-0.15, -0.1) is 0 Å². The first-order chi connectivity index (χ1) is 12.1. The Bertz CT molecular complexity index is 830. The van der Waals surface area contributed by atoms with Crippen molar-refractivity contribution in [2.24, 2.45) is 0 Å². The van der Waals surface area contributed by atoms with Gasteiger partial charge in [0.05, 0.1) is 23.3 Å². The molecule has 0 spiro atoms. The summed E-state index contributed by atoms with van der Waals surface area (Å²) in [5, 5.41) is 2.49. The highest BCUT2D eigenvalue weighted by molar-refractivity contribution is 7.91. The van der Waals surface area contributed by atoms with Gasteiger partial charge < -0.3 is 10.1 Å². The van der Waals surface area contributed by atoms with Crippen LogP contribution in [0.2, 0.25) is 0 Å². The van der Waals surface area contributed by atoms with E-state index in [1.807, 2.05) is 0 Å². The fourth-order valence-electron chi connectivity index (χ4n) is 2.30. The molecule has 0 saturated heterocycles. The summed E-state index contributed by atoms with van der Waals surface area (Å²) in [5.41, 5.74) is 0.0367. The highest BCUT2D eigenvalue weighted by Gasteiger charge is 2.24. The number of carbonyl (C=O) groups is 1. The summed E-state index contributed by atoms with van der Waals surface area (Å²) in [4.78, 5) is 12.4. The molecule has 0 aromatic heterocycles. The molecule has 0 aliphatic rings. The molecule has 0 radical (unpaired) electrons. The number of sulfone groups is 1. The summed E-state index contributed by atoms with van der Waals surface area (Å²) in [5.74, 6) is -0.581. The fraction of sp³-hybridized carbons (Fsp3) is 0.562. The van der Waals surface area contributed by atoms with Crippen molar-refractivity contribution in [3.63, 3.8) is 0 Å². The predicted molar refractivity (Wildman–Crippen MR) is 99.8 cm³/mol. The van der Waals surface area contributed by atoms with E-state index in [0.29, 0.717) is 13.1 Å². The number of nitrogens with zero attached hydrogens (tertiary/aromatic N) is 1. The Morgan fingerprint density at radius 1 is 1.12 bits per heavy atom. The van der Waals surface area contributed by atoms with E-state index in [2.05, 4.69) is 5.32 Å². The molecule has 0 unspecified atom stereocenters. The van der Waals surface area contributed by atoms with Gasteiger partial charge in [-0.2, -0.15) is 4.31 Å². The SMILES string of the molecule is CCN(CC)S(=O)(=O)c1ccc(OC)c(C(=O)NCCS(=O)(=O)CC)c1. The molecule has 0 fully saturated rings. The summed E-state index contributed by atoms with van der Waals surface area (Å²) in [7, 11) is -5.57. The van der Waals surface area contributed by atoms with E-state index in [1.54, 1.807) is 13.8 Å². The van der Waals surface area contributed by atoms with Crippen LogP contribution in [-0.2, 0) is 19.9 Å². The molecule has 0 aliphatic carbocycles. The Labute approximate surface area is 155 Å². The Morgan fingerprint density at radius 2 is 1.73 bits per heavy atom. The zero-order valence-electron chi connectivity index (χ0n) is 15.5. The molecule has 0 heterocycles. The van der Waals surface area contributed by atoms with Crippen molar-refractivity contribution in [3.05, 3.63) is 23.8 Å². The fourth-order valence-corrected chi connectivity index (χ4v) is 4.48. The Kier molecular flexibility index (Phi) is 8.04. The van der Waals surface area contributed by atoms with Crippen molar-refractivity contribution in [2.45, 2.75) is 25.7 Å². The van der Waals surface area contributed by atoms with Gasteiger partial charge in [0.15, 0.2) is 9.84 Å². The maximum atomic E-state index is 12.6. The van der Waals surface area contributed by atoms with Gasteiger partial charge in [-0.3, -0.25) is 4.79 Å². The van der Waals surface area contributed by atoms with Gasteiger partial charge in [-0.25, -0.2) is 16.8 Å². The zero-order chi connectivity index (χ0) is 20.0. The van der Waals surface area contributed by atoms with Crippen LogP contribution in [0.4, 0.5) is 0 Å². The van der Waals surface area contributed by atoms with Crippen molar-refractivity contribution < 1.29 is 26.4 Å². The first-order valence-electron chi connectivity index (χ1n) is 8.29. The number of methoxy groups -OCH3 is 1. The van der Waals surface area contributed by atoms with Gasteiger partial charge in [0.25, 0.3) is 5.91 Å². The Morgan fingerprint density at radius 3 is 2.23 bits per heavy atom. The molecule has 10 heteroatoms. The summed E-state index contributed by atoms with van der Waals surface area (Å²) in [6.45, 7) is 5.54. The lowest BCUT2D eigenvalue weighted by Gasteiger charge is -2.19. The van der Waals surface area contributed by atoms with Crippen LogP contribution in [-0.4, -0.2) is 65.3 Å². The number of amides is 1. The van der Waals surface area contributed by atoms with Crippen LogP contribution in [0.3, 0.4) is 0 Å². The number of rotatable bonds is 10. The largest absolute Gasteiger partial charge is 0.496 e. The molecular weight excluding hydrogens is 380 g/mol. The average Bonchev–Trinajstić information content (AvgIpc) is 2.61. The number of sulfonamides is 1. The van der Waals surface area contributed by atoms with Crippen LogP contribution in [0.5, 0.6) is 5.75 Å².